The summed E-state index contributed by atoms with van der Waals surface area (Å²) < 4.78 is 5.53. The van der Waals surface area contributed by atoms with Crippen LogP contribution in [0.3, 0.4) is 0 Å². The molecular weight excluding hydrogens is 301 g/mol. The van der Waals surface area contributed by atoms with E-state index in [-0.39, 0.29) is 12.3 Å². The maximum atomic E-state index is 10.9. The highest BCUT2D eigenvalue weighted by Gasteiger charge is 2.13. The second kappa shape index (κ2) is 6.11. The Morgan fingerprint density at radius 1 is 1.20 bits per heavy atom. The fraction of sp³-hybridized carbons (Fsp3) is 0.143. The van der Waals surface area contributed by atoms with Crippen LogP contribution in [0.25, 0.3) is 0 Å². The number of halogens is 2. The molecule has 0 unspecified atom stereocenters. The number of nitro benzene ring substituents is 1. The van der Waals surface area contributed by atoms with E-state index in [2.05, 4.69) is 0 Å². The second-order valence-corrected chi connectivity index (χ2v) is 5.02. The SMILES string of the molecule is Cc1cc(Cl)c(OCc2ccccc2[N+](=O)[O-])cc1Cl. The first kappa shape index (κ1) is 14.6. The molecule has 2 rings (SSSR count). The molecule has 0 aliphatic rings. The van der Waals surface area contributed by atoms with Crippen molar-refractivity contribution in [1.29, 1.82) is 0 Å². The molecule has 20 heavy (non-hydrogen) atoms. The van der Waals surface area contributed by atoms with Crippen LogP contribution in [0.4, 0.5) is 5.69 Å². The van der Waals surface area contributed by atoms with Gasteiger partial charge in [-0.3, -0.25) is 10.1 Å². The maximum absolute atomic E-state index is 10.9. The lowest BCUT2D eigenvalue weighted by molar-refractivity contribution is -0.385. The van der Waals surface area contributed by atoms with Crippen LogP contribution >= 0.6 is 23.2 Å². The quantitative estimate of drug-likeness (QED) is 0.602. The number of hydrogen-bond donors (Lipinski definition) is 0. The molecule has 0 aliphatic heterocycles. The van der Waals surface area contributed by atoms with Gasteiger partial charge in [0.15, 0.2) is 0 Å². The third-order valence-corrected chi connectivity index (χ3v) is 3.49. The van der Waals surface area contributed by atoms with Crippen molar-refractivity contribution in [2.24, 2.45) is 0 Å². The van der Waals surface area contributed by atoms with Gasteiger partial charge in [-0.1, -0.05) is 35.3 Å². The minimum atomic E-state index is -0.442. The van der Waals surface area contributed by atoms with Gasteiger partial charge in [-0.05, 0) is 24.6 Å². The fourth-order valence-corrected chi connectivity index (χ4v) is 2.13. The topological polar surface area (TPSA) is 52.4 Å². The van der Waals surface area contributed by atoms with Gasteiger partial charge in [-0.2, -0.15) is 0 Å². The lowest BCUT2D eigenvalue weighted by Crippen LogP contribution is -2.01. The third kappa shape index (κ3) is 3.21. The van der Waals surface area contributed by atoms with Crippen molar-refractivity contribution in [3.8, 4) is 5.75 Å². The first-order valence-electron chi connectivity index (χ1n) is 5.80. The highest BCUT2D eigenvalue weighted by Crippen LogP contribution is 2.31. The number of nitrogens with zero attached hydrogens (tertiary/aromatic N) is 1. The molecule has 2 aromatic carbocycles. The van der Waals surface area contributed by atoms with Crippen LogP contribution in [0.5, 0.6) is 5.75 Å². The van der Waals surface area contributed by atoms with Crippen LogP contribution in [0.15, 0.2) is 36.4 Å². The van der Waals surface area contributed by atoms with Crippen LogP contribution in [0.2, 0.25) is 10.0 Å². The van der Waals surface area contributed by atoms with E-state index in [9.17, 15) is 10.1 Å². The lowest BCUT2D eigenvalue weighted by Gasteiger charge is -2.10. The molecular formula is C14H11Cl2NO3. The predicted octanol–water partition coefficient (Wildman–Crippen LogP) is 4.79. The zero-order valence-corrected chi connectivity index (χ0v) is 12.1. The molecule has 0 heterocycles. The Bertz CT molecular complexity index is 659. The summed E-state index contributed by atoms with van der Waals surface area (Å²) in [4.78, 5) is 10.5. The van der Waals surface area contributed by atoms with E-state index in [0.717, 1.165) is 5.56 Å². The average Bonchev–Trinajstić information content (AvgIpc) is 2.41. The molecule has 0 amide bonds. The minimum absolute atomic E-state index is 0.0156. The average molecular weight is 312 g/mol. The van der Waals surface area contributed by atoms with Crippen molar-refractivity contribution >= 4 is 28.9 Å². The van der Waals surface area contributed by atoms with Gasteiger partial charge in [0.25, 0.3) is 5.69 Å². The Labute approximate surface area is 126 Å². The predicted molar refractivity (Wildman–Crippen MR) is 78.6 cm³/mol. The van der Waals surface area contributed by atoms with Gasteiger partial charge >= 0.3 is 0 Å². The number of rotatable bonds is 4. The van der Waals surface area contributed by atoms with Crippen LogP contribution in [-0.4, -0.2) is 4.92 Å². The van der Waals surface area contributed by atoms with E-state index in [1.165, 1.54) is 6.07 Å². The summed E-state index contributed by atoms with van der Waals surface area (Å²) in [5.41, 5.74) is 1.34. The van der Waals surface area contributed by atoms with Crippen molar-refractivity contribution in [2.45, 2.75) is 13.5 Å². The van der Waals surface area contributed by atoms with Crippen molar-refractivity contribution < 1.29 is 9.66 Å². The number of hydrogen-bond acceptors (Lipinski definition) is 3. The number of aryl methyl sites for hydroxylation is 1. The van der Waals surface area contributed by atoms with Crippen LogP contribution in [-0.2, 0) is 6.61 Å². The van der Waals surface area contributed by atoms with E-state index in [1.807, 2.05) is 6.92 Å². The molecule has 0 N–H and O–H groups in total. The van der Waals surface area contributed by atoms with Gasteiger partial charge in [0.05, 0.1) is 15.5 Å². The van der Waals surface area contributed by atoms with Crippen molar-refractivity contribution in [2.75, 3.05) is 0 Å². The molecule has 0 atom stereocenters. The van der Waals surface area contributed by atoms with Crippen LogP contribution < -0.4 is 4.74 Å². The van der Waals surface area contributed by atoms with E-state index in [0.29, 0.717) is 21.4 Å². The summed E-state index contributed by atoms with van der Waals surface area (Å²) in [5, 5.41) is 11.9. The molecule has 0 aromatic heterocycles. The van der Waals surface area contributed by atoms with Gasteiger partial charge in [0.2, 0.25) is 0 Å². The van der Waals surface area contributed by atoms with Gasteiger partial charge in [0, 0.05) is 17.2 Å². The zero-order chi connectivity index (χ0) is 14.7. The molecule has 104 valence electrons. The van der Waals surface area contributed by atoms with E-state index < -0.39 is 4.92 Å². The minimum Gasteiger partial charge on any atom is -0.487 e. The number of nitro groups is 1. The van der Waals surface area contributed by atoms with E-state index >= 15 is 0 Å². The molecule has 0 saturated carbocycles. The summed E-state index contributed by atoms with van der Waals surface area (Å²) in [6.45, 7) is 1.89. The molecule has 0 radical (unpaired) electrons. The molecule has 4 nitrogen and oxygen atoms in total. The van der Waals surface area contributed by atoms with Gasteiger partial charge < -0.3 is 4.74 Å². The number of benzene rings is 2. The number of para-hydroxylation sites is 1. The van der Waals surface area contributed by atoms with Crippen molar-refractivity contribution in [3.05, 3.63) is 67.7 Å². The Hall–Kier alpha value is -1.78. The number of ether oxygens (including phenoxy) is 1. The van der Waals surface area contributed by atoms with Gasteiger partial charge in [0.1, 0.15) is 12.4 Å². The fourth-order valence-electron chi connectivity index (χ4n) is 1.71. The van der Waals surface area contributed by atoms with Gasteiger partial charge in [-0.15, -0.1) is 0 Å². The Kier molecular flexibility index (Phi) is 4.47. The summed E-state index contributed by atoms with van der Waals surface area (Å²) in [6.07, 6.45) is 0. The van der Waals surface area contributed by atoms with Crippen LogP contribution in [0.1, 0.15) is 11.1 Å². The smallest absolute Gasteiger partial charge is 0.276 e. The summed E-state index contributed by atoms with van der Waals surface area (Å²) in [7, 11) is 0. The normalized spacial score (nSPS) is 10.3. The Morgan fingerprint density at radius 2 is 1.90 bits per heavy atom. The lowest BCUT2D eigenvalue weighted by atomic mass is 10.2. The molecule has 0 spiro atoms. The van der Waals surface area contributed by atoms with Crippen molar-refractivity contribution in [1.82, 2.24) is 0 Å². The summed E-state index contributed by atoms with van der Waals surface area (Å²) >= 11 is 12.1. The highest BCUT2D eigenvalue weighted by atomic mass is 35.5. The summed E-state index contributed by atoms with van der Waals surface area (Å²) in [5.74, 6) is 0.403. The van der Waals surface area contributed by atoms with Crippen molar-refractivity contribution in [3.63, 3.8) is 0 Å². The molecule has 0 aliphatic carbocycles. The highest BCUT2D eigenvalue weighted by molar-refractivity contribution is 6.34. The first-order valence-corrected chi connectivity index (χ1v) is 6.55. The molecule has 0 bridgehead atoms. The third-order valence-electron chi connectivity index (χ3n) is 2.78. The largest absolute Gasteiger partial charge is 0.487 e. The monoisotopic (exact) mass is 311 g/mol. The Morgan fingerprint density at radius 3 is 2.60 bits per heavy atom. The molecule has 6 heteroatoms. The van der Waals surface area contributed by atoms with Crippen LogP contribution in [0, 0.1) is 17.0 Å². The Balaban J connectivity index is 2.21. The molecule has 0 fully saturated rings. The standard InChI is InChI=1S/C14H11Cl2NO3/c1-9-6-12(16)14(7-11(9)15)20-8-10-4-2-3-5-13(10)17(18)19/h2-7H,8H2,1H3. The van der Waals surface area contributed by atoms with E-state index in [4.69, 9.17) is 27.9 Å². The van der Waals surface area contributed by atoms with E-state index in [1.54, 1.807) is 30.3 Å². The molecule has 2 aromatic rings. The maximum Gasteiger partial charge on any atom is 0.276 e. The zero-order valence-electron chi connectivity index (χ0n) is 10.6. The second-order valence-electron chi connectivity index (χ2n) is 4.21. The first-order chi connectivity index (χ1) is 9.49. The van der Waals surface area contributed by atoms with Gasteiger partial charge in [-0.25, -0.2) is 0 Å². The molecule has 0 saturated heterocycles. The summed E-state index contributed by atoms with van der Waals surface area (Å²) in [6, 6.07) is 9.70.